The van der Waals surface area contributed by atoms with E-state index in [1.165, 1.54) is 25.0 Å². The predicted molar refractivity (Wildman–Crippen MR) is 135 cm³/mol. The zero-order valence-electron chi connectivity index (χ0n) is 19.0. The number of anilines is 1. The molecule has 0 atom stereocenters. The van der Waals surface area contributed by atoms with Gasteiger partial charge in [-0.3, -0.25) is 9.89 Å². The summed E-state index contributed by atoms with van der Waals surface area (Å²) < 4.78 is 33.4. The Morgan fingerprint density at radius 2 is 1.75 bits per heavy atom. The van der Waals surface area contributed by atoms with Gasteiger partial charge in [0.05, 0.1) is 12.2 Å². The van der Waals surface area contributed by atoms with Gasteiger partial charge in [0.2, 0.25) is 0 Å². The summed E-state index contributed by atoms with van der Waals surface area (Å²) in [5.41, 5.74) is 0.443. The Morgan fingerprint density at radius 3 is 2.41 bits per heavy atom. The molecule has 0 spiro atoms. The molecule has 0 aromatic heterocycles. The van der Waals surface area contributed by atoms with Crippen molar-refractivity contribution < 1.29 is 13.5 Å². The number of ether oxygens (including phenoxy) is 1. The molecule has 3 aliphatic rings. The molecule has 3 saturated heterocycles. The van der Waals surface area contributed by atoms with E-state index in [-0.39, 0.29) is 35.3 Å². The number of guanidine groups is 1. The van der Waals surface area contributed by atoms with E-state index in [1.54, 1.807) is 0 Å². The fraction of sp³-hybridized carbons (Fsp3) is 0.696. The van der Waals surface area contributed by atoms with E-state index in [9.17, 15) is 8.78 Å². The monoisotopic (exact) mass is 563 g/mol. The van der Waals surface area contributed by atoms with E-state index in [4.69, 9.17) is 9.73 Å². The molecule has 1 aromatic carbocycles. The van der Waals surface area contributed by atoms with E-state index in [1.807, 2.05) is 4.90 Å². The topological polar surface area (TPSA) is 43.3 Å². The first-order chi connectivity index (χ1) is 15.1. The lowest BCUT2D eigenvalue weighted by Crippen LogP contribution is -2.55. The van der Waals surface area contributed by atoms with Crippen LogP contribution in [0.25, 0.3) is 0 Å². The van der Waals surface area contributed by atoms with E-state index in [0.717, 1.165) is 77.3 Å². The minimum Gasteiger partial charge on any atom is -0.381 e. The molecular weight excluding hydrogens is 527 g/mol. The highest BCUT2D eigenvalue weighted by molar-refractivity contribution is 14.0. The highest BCUT2D eigenvalue weighted by Gasteiger charge is 2.39. The van der Waals surface area contributed by atoms with Gasteiger partial charge in [0.25, 0.3) is 0 Å². The average molecular weight is 563 g/mol. The van der Waals surface area contributed by atoms with Crippen LogP contribution < -0.4 is 10.2 Å². The molecule has 4 rings (SSSR count). The quantitative estimate of drug-likeness (QED) is 0.339. The summed E-state index contributed by atoms with van der Waals surface area (Å²) in [6, 6.07) is 3.65. The number of nitrogens with zero attached hydrogens (tertiary/aromatic N) is 4. The Morgan fingerprint density at radius 1 is 1.06 bits per heavy atom. The summed E-state index contributed by atoms with van der Waals surface area (Å²) in [6.45, 7) is 10.3. The molecule has 0 saturated carbocycles. The van der Waals surface area contributed by atoms with Crippen LogP contribution in [-0.2, 0) is 4.74 Å². The highest BCUT2D eigenvalue weighted by Crippen LogP contribution is 2.32. The van der Waals surface area contributed by atoms with E-state index in [2.05, 4.69) is 22.0 Å². The number of hydrogen-bond acceptors (Lipinski definition) is 4. The van der Waals surface area contributed by atoms with Crippen LogP contribution in [0, 0.1) is 11.6 Å². The van der Waals surface area contributed by atoms with Crippen LogP contribution in [-0.4, -0.2) is 86.9 Å². The number of likely N-dealkylation sites (tertiary alicyclic amines) is 1. The van der Waals surface area contributed by atoms with Crippen molar-refractivity contribution in [2.45, 2.75) is 38.1 Å². The van der Waals surface area contributed by atoms with Gasteiger partial charge >= 0.3 is 0 Å². The third-order valence-corrected chi connectivity index (χ3v) is 6.89. The van der Waals surface area contributed by atoms with E-state index >= 15 is 0 Å². The summed E-state index contributed by atoms with van der Waals surface area (Å²) in [5.74, 6) is 0.145. The summed E-state index contributed by atoms with van der Waals surface area (Å²) in [5, 5.41) is 3.45. The van der Waals surface area contributed by atoms with Crippen LogP contribution in [0.1, 0.15) is 32.6 Å². The maximum absolute atomic E-state index is 14.2. The Bertz CT molecular complexity index is 761. The smallest absolute Gasteiger partial charge is 0.194 e. The first-order valence-corrected chi connectivity index (χ1v) is 11.7. The average Bonchev–Trinajstić information content (AvgIpc) is 3.35. The van der Waals surface area contributed by atoms with Crippen LogP contribution in [0.3, 0.4) is 0 Å². The number of aliphatic imine (C=N–C) groups is 1. The van der Waals surface area contributed by atoms with Crippen molar-refractivity contribution in [1.29, 1.82) is 0 Å². The fourth-order valence-electron chi connectivity index (χ4n) is 5.05. The van der Waals surface area contributed by atoms with Crippen molar-refractivity contribution in [3.8, 4) is 0 Å². The molecule has 0 amide bonds. The molecular formula is C23H36F2IN5O. The van der Waals surface area contributed by atoms with Crippen LogP contribution in [0.15, 0.2) is 23.2 Å². The summed E-state index contributed by atoms with van der Waals surface area (Å²) in [4.78, 5) is 11.9. The Hall–Kier alpha value is -1.20. The second kappa shape index (κ2) is 11.8. The molecule has 3 heterocycles. The molecule has 0 radical (unpaired) electrons. The first kappa shape index (κ1) is 25.4. The van der Waals surface area contributed by atoms with Gasteiger partial charge in [-0.1, -0.05) is 0 Å². The van der Waals surface area contributed by atoms with Crippen molar-refractivity contribution in [3.63, 3.8) is 0 Å². The lowest BCUT2D eigenvalue weighted by Gasteiger charge is -2.44. The molecule has 9 heteroatoms. The van der Waals surface area contributed by atoms with Crippen LogP contribution in [0.2, 0.25) is 0 Å². The minimum absolute atomic E-state index is 0. The number of nitrogens with one attached hydrogen (secondary N) is 1. The number of halogens is 3. The van der Waals surface area contributed by atoms with Crippen LogP contribution >= 0.6 is 24.0 Å². The van der Waals surface area contributed by atoms with E-state index < -0.39 is 5.82 Å². The Labute approximate surface area is 207 Å². The second-order valence-electron chi connectivity index (χ2n) is 8.77. The summed E-state index contributed by atoms with van der Waals surface area (Å²) in [7, 11) is 0. The second-order valence-corrected chi connectivity index (χ2v) is 8.77. The molecule has 1 N–H and O–H groups in total. The van der Waals surface area contributed by atoms with Crippen LogP contribution in [0.5, 0.6) is 0 Å². The number of hydrogen-bond donors (Lipinski definition) is 1. The molecule has 180 valence electrons. The lowest BCUT2D eigenvalue weighted by atomic mass is 9.88. The van der Waals surface area contributed by atoms with Gasteiger partial charge in [0.1, 0.15) is 11.6 Å². The minimum atomic E-state index is -0.405. The molecule has 32 heavy (non-hydrogen) atoms. The summed E-state index contributed by atoms with van der Waals surface area (Å²) >= 11 is 0. The number of benzene rings is 1. The molecule has 3 aliphatic heterocycles. The van der Waals surface area contributed by atoms with Crippen molar-refractivity contribution in [1.82, 2.24) is 15.1 Å². The predicted octanol–water partition coefficient (Wildman–Crippen LogP) is 3.32. The van der Waals surface area contributed by atoms with Gasteiger partial charge < -0.3 is 19.9 Å². The van der Waals surface area contributed by atoms with Gasteiger partial charge in [-0.05, 0) is 57.8 Å². The normalized spacial score (nSPS) is 22.0. The van der Waals surface area contributed by atoms with Gasteiger partial charge in [0, 0.05) is 57.5 Å². The highest BCUT2D eigenvalue weighted by atomic mass is 127. The molecule has 0 unspecified atom stereocenters. The molecule has 6 nitrogen and oxygen atoms in total. The number of rotatable bonds is 5. The summed E-state index contributed by atoms with van der Waals surface area (Å²) in [6.07, 6.45) is 4.60. The largest absolute Gasteiger partial charge is 0.381 e. The standard InChI is InChI=1S/C23H35F2N5O.HI/c1-2-26-22(27-18-23(7-15-31-16-8-23)30-9-3-4-10-30)29-13-11-28(12-14-29)21-17-19(24)5-6-20(21)25;/h5-6,17H,2-4,7-16,18H2,1H3,(H,26,27);1H. The van der Waals surface area contributed by atoms with Gasteiger partial charge in [-0.15, -0.1) is 24.0 Å². The molecule has 0 aliphatic carbocycles. The lowest BCUT2D eigenvalue weighted by molar-refractivity contribution is -0.0139. The van der Waals surface area contributed by atoms with Gasteiger partial charge in [-0.25, -0.2) is 8.78 Å². The third kappa shape index (κ3) is 5.83. The van der Waals surface area contributed by atoms with Crippen molar-refractivity contribution >= 4 is 35.6 Å². The SMILES string of the molecule is CCNC(=NCC1(N2CCCC2)CCOCC1)N1CCN(c2cc(F)ccc2F)CC1.I. The number of piperazine rings is 1. The zero-order chi connectivity index (χ0) is 21.7. The van der Waals surface area contributed by atoms with Crippen molar-refractivity contribution in [3.05, 3.63) is 29.8 Å². The Kier molecular flexibility index (Phi) is 9.36. The third-order valence-electron chi connectivity index (χ3n) is 6.89. The molecule has 3 fully saturated rings. The van der Waals surface area contributed by atoms with Gasteiger partial charge in [0.15, 0.2) is 5.96 Å². The Balaban J connectivity index is 0.00000289. The maximum Gasteiger partial charge on any atom is 0.194 e. The molecule has 1 aromatic rings. The van der Waals surface area contributed by atoms with Gasteiger partial charge in [-0.2, -0.15) is 0 Å². The first-order valence-electron chi connectivity index (χ1n) is 11.7. The van der Waals surface area contributed by atoms with E-state index in [0.29, 0.717) is 18.8 Å². The zero-order valence-corrected chi connectivity index (χ0v) is 21.3. The maximum atomic E-state index is 14.2. The molecule has 0 bridgehead atoms. The van der Waals surface area contributed by atoms with Crippen molar-refractivity contribution in [2.75, 3.05) is 70.5 Å². The fourth-order valence-corrected chi connectivity index (χ4v) is 5.05. The van der Waals surface area contributed by atoms with Crippen LogP contribution in [0.4, 0.5) is 14.5 Å². The van der Waals surface area contributed by atoms with Crippen molar-refractivity contribution in [2.24, 2.45) is 4.99 Å².